The largest absolute Gasteiger partial charge is 0.368 e. The average Bonchev–Trinajstić information content (AvgIpc) is 2.33. The molecule has 1 aliphatic heterocycles. The smallest absolute Gasteiger partial charge is 0.168 e. The highest BCUT2D eigenvalue weighted by Gasteiger charge is 2.18. The van der Waals surface area contributed by atoms with Gasteiger partial charge in [0.15, 0.2) is 11.6 Å². The van der Waals surface area contributed by atoms with E-state index in [0.717, 1.165) is 12.6 Å². The first kappa shape index (κ1) is 7.27. The summed E-state index contributed by atoms with van der Waals surface area (Å²) in [7, 11) is 0. The van der Waals surface area contributed by atoms with Crippen LogP contribution in [0.3, 0.4) is 0 Å². The third-order valence-electron chi connectivity index (χ3n) is 1.86. The lowest BCUT2D eigenvalue weighted by molar-refractivity contribution is 0.0983. The summed E-state index contributed by atoms with van der Waals surface area (Å²) in [4.78, 5) is 11.4. The molecular weight excluding hydrogens is 161 g/mol. The van der Waals surface area contributed by atoms with Crippen LogP contribution < -0.4 is 5.32 Å². The van der Waals surface area contributed by atoms with Crippen molar-refractivity contribution in [3.8, 4) is 0 Å². The number of hydrogen-bond donors (Lipinski definition) is 1. The van der Waals surface area contributed by atoms with Crippen molar-refractivity contribution in [2.24, 2.45) is 0 Å². The molecule has 0 aliphatic carbocycles. The Morgan fingerprint density at radius 2 is 2.50 bits per heavy atom. The van der Waals surface area contributed by atoms with Crippen LogP contribution in [-0.4, -0.2) is 22.3 Å². The Balaban J connectivity index is 2.44. The number of hydrogen-bond acceptors (Lipinski definition) is 3. The zero-order valence-corrected chi connectivity index (χ0v) is 6.38. The van der Waals surface area contributed by atoms with Crippen LogP contribution in [0, 0.1) is 0 Å². The second-order valence-electron chi connectivity index (χ2n) is 2.73. The molecule has 2 heterocycles. The number of halogens is 1. The van der Waals surface area contributed by atoms with Crippen molar-refractivity contribution >= 4 is 11.6 Å². The van der Waals surface area contributed by atoms with Crippen LogP contribution in [0.25, 0.3) is 0 Å². The predicted molar refractivity (Wildman–Crippen MR) is 40.8 cm³/mol. The summed E-state index contributed by atoms with van der Waals surface area (Å²) in [6, 6.07) is 0. The minimum Gasteiger partial charge on any atom is -0.368 e. The molecule has 0 unspecified atom stereocenters. The van der Waals surface area contributed by atoms with Crippen LogP contribution in [0.15, 0.2) is 6.20 Å². The van der Waals surface area contributed by atoms with Crippen LogP contribution in [0.1, 0.15) is 23.2 Å². The van der Waals surface area contributed by atoms with Crippen LogP contribution in [0.4, 0.5) is 10.3 Å². The second kappa shape index (κ2) is 2.58. The highest BCUT2D eigenvalue weighted by molar-refractivity contribution is 6.00. The Kier molecular flexibility index (Phi) is 1.56. The number of aromatic nitrogens is 2. The molecule has 0 bridgehead atoms. The number of rotatable bonds is 0. The van der Waals surface area contributed by atoms with Crippen molar-refractivity contribution in [3.63, 3.8) is 0 Å². The van der Waals surface area contributed by atoms with E-state index in [0.29, 0.717) is 24.3 Å². The van der Waals surface area contributed by atoms with Gasteiger partial charge in [-0.25, -0.2) is 0 Å². The lowest BCUT2D eigenvalue weighted by Gasteiger charge is -1.95. The van der Waals surface area contributed by atoms with Gasteiger partial charge in [0.25, 0.3) is 0 Å². The SMILES string of the molecule is O=C1CCCNc2nn(F)cc21. The average molecular weight is 169 g/mol. The van der Waals surface area contributed by atoms with Crippen molar-refractivity contribution in [3.05, 3.63) is 11.8 Å². The van der Waals surface area contributed by atoms with E-state index in [1.807, 2.05) is 0 Å². The van der Waals surface area contributed by atoms with Crippen molar-refractivity contribution in [1.29, 1.82) is 0 Å². The van der Waals surface area contributed by atoms with E-state index in [1.54, 1.807) is 0 Å². The molecule has 2 rings (SSSR count). The first-order valence-electron chi connectivity index (χ1n) is 3.80. The fourth-order valence-corrected chi connectivity index (χ4v) is 1.27. The Labute approximate surface area is 68.3 Å². The normalized spacial score (nSPS) is 16.6. The zero-order chi connectivity index (χ0) is 8.55. The van der Waals surface area contributed by atoms with Gasteiger partial charge in [-0.05, 0) is 6.42 Å². The van der Waals surface area contributed by atoms with E-state index < -0.39 is 0 Å². The Hall–Kier alpha value is -1.39. The van der Waals surface area contributed by atoms with E-state index in [1.165, 1.54) is 0 Å². The summed E-state index contributed by atoms with van der Waals surface area (Å²) >= 11 is 0. The van der Waals surface area contributed by atoms with E-state index in [-0.39, 0.29) is 10.7 Å². The van der Waals surface area contributed by atoms with Gasteiger partial charge in [0.05, 0.1) is 11.8 Å². The van der Waals surface area contributed by atoms with Crippen molar-refractivity contribution < 1.29 is 9.28 Å². The molecule has 1 aliphatic rings. The summed E-state index contributed by atoms with van der Waals surface area (Å²) in [5, 5.41) is 6.36. The Morgan fingerprint density at radius 1 is 1.67 bits per heavy atom. The second-order valence-corrected chi connectivity index (χ2v) is 2.73. The number of nitrogens with one attached hydrogen (secondary N) is 1. The monoisotopic (exact) mass is 169 g/mol. The molecule has 1 aromatic rings. The standard InChI is InChI=1S/C7H8FN3O/c8-11-4-5-6(12)2-1-3-9-7(5)10-11/h4H,1-3H2,(H,9,10). The van der Waals surface area contributed by atoms with E-state index >= 15 is 0 Å². The number of Topliss-reactive ketones (excluding diaryl/α,β-unsaturated/α-hetero) is 1. The van der Waals surface area contributed by atoms with Gasteiger partial charge in [-0.15, -0.1) is 10.0 Å². The molecule has 5 heteroatoms. The molecule has 0 amide bonds. The lowest BCUT2D eigenvalue weighted by Crippen LogP contribution is -2.00. The molecule has 64 valence electrons. The number of fused-ring (bicyclic) bond motifs is 1. The van der Waals surface area contributed by atoms with Gasteiger partial charge in [0.1, 0.15) is 0 Å². The molecule has 0 fully saturated rings. The number of carbonyl (C=O) groups excluding carboxylic acids is 1. The van der Waals surface area contributed by atoms with Gasteiger partial charge in [-0.1, -0.05) is 4.48 Å². The molecule has 0 aromatic carbocycles. The molecule has 0 radical (unpaired) electrons. The number of nitrogens with zero attached hydrogens (tertiary/aromatic N) is 2. The third kappa shape index (κ3) is 1.07. The minimum atomic E-state index is -0.0427. The van der Waals surface area contributed by atoms with Crippen molar-refractivity contribution in [2.45, 2.75) is 12.8 Å². The van der Waals surface area contributed by atoms with Crippen LogP contribution in [0.5, 0.6) is 0 Å². The number of carbonyl (C=O) groups is 1. The molecule has 1 aromatic heterocycles. The fraction of sp³-hybridized carbons (Fsp3) is 0.429. The Bertz CT molecular complexity index is 320. The van der Waals surface area contributed by atoms with Gasteiger partial charge < -0.3 is 5.32 Å². The molecule has 0 atom stereocenters. The first-order valence-corrected chi connectivity index (χ1v) is 3.80. The maximum atomic E-state index is 12.5. The van der Waals surface area contributed by atoms with Crippen LogP contribution in [0.2, 0.25) is 0 Å². The van der Waals surface area contributed by atoms with Crippen molar-refractivity contribution in [2.75, 3.05) is 11.9 Å². The van der Waals surface area contributed by atoms with E-state index in [4.69, 9.17) is 0 Å². The molecule has 0 saturated heterocycles. The van der Waals surface area contributed by atoms with Crippen LogP contribution >= 0.6 is 0 Å². The summed E-state index contributed by atoms with van der Waals surface area (Å²) < 4.78 is 12.5. The van der Waals surface area contributed by atoms with Gasteiger partial charge in [-0.2, -0.15) is 0 Å². The summed E-state index contributed by atoms with van der Waals surface area (Å²) in [6.45, 7) is 0.676. The lowest BCUT2D eigenvalue weighted by atomic mass is 10.1. The molecule has 0 spiro atoms. The van der Waals surface area contributed by atoms with Crippen LogP contribution in [-0.2, 0) is 0 Å². The number of anilines is 1. The molecule has 0 saturated carbocycles. The Morgan fingerprint density at radius 3 is 3.33 bits per heavy atom. The quantitative estimate of drug-likeness (QED) is 0.630. The summed E-state index contributed by atoms with van der Waals surface area (Å²) in [5.41, 5.74) is 0.356. The van der Waals surface area contributed by atoms with Gasteiger partial charge in [-0.3, -0.25) is 4.79 Å². The van der Waals surface area contributed by atoms with Gasteiger partial charge in [0, 0.05) is 13.0 Å². The third-order valence-corrected chi connectivity index (χ3v) is 1.86. The molecule has 4 nitrogen and oxygen atoms in total. The maximum Gasteiger partial charge on any atom is 0.168 e. The van der Waals surface area contributed by atoms with E-state index in [9.17, 15) is 9.28 Å². The molecule has 12 heavy (non-hydrogen) atoms. The zero-order valence-electron chi connectivity index (χ0n) is 6.38. The molecule has 1 N–H and O–H groups in total. The highest BCUT2D eigenvalue weighted by atomic mass is 19.2. The molecular formula is C7H8FN3O. The summed E-state index contributed by atoms with van der Waals surface area (Å²) in [5.74, 6) is 0.318. The van der Waals surface area contributed by atoms with E-state index in [2.05, 4.69) is 10.4 Å². The van der Waals surface area contributed by atoms with Gasteiger partial charge in [0.2, 0.25) is 0 Å². The fourth-order valence-electron chi connectivity index (χ4n) is 1.27. The maximum absolute atomic E-state index is 12.5. The van der Waals surface area contributed by atoms with Gasteiger partial charge >= 0.3 is 0 Å². The summed E-state index contributed by atoms with van der Waals surface area (Å²) in [6.07, 6.45) is 2.35. The highest BCUT2D eigenvalue weighted by Crippen LogP contribution is 2.19. The first-order chi connectivity index (χ1) is 5.77. The number of ketones is 1. The predicted octanol–water partition coefficient (Wildman–Crippen LogP) is 1.00. The van der Waals surface area contributed by atoms with Crippen molar-refractivity contribution in [1.82, 2.24) is 10.0 Å². The topological polar surface area (TPSA) is 46.9 Å². The minimum absolute atomic E-state index is 0.0427.